The van der Waals surface area contributed by atoms with Crippen LogP contribution in [0.3, 0.4) is 0 Å². The summed E-state index contributed by atoms with van der Waals surface area (Å²) in [7, 11) is 0. The van der Waals surface area contributed by atoms with Gasteiger partial charge in [0, 0.05) is 0 Å². The molecule has 0 atom stereocenters. The number of phenolic OH excluding ortho intramolecular Hbond substituents is 1. The average molecular weight is 525 g/mol. The molecule has 41 heavy (non-hydrogen) atoms. The van der Waals surface area contributed by atoms with Crippen molar-refractivity contribution in [3.05, 3.63) is 150 Å². The molecule has 0 fully saturated rings. The van der Waals surface area contributed by atoms with E-state index in [4.69, 9.17) is 0 Å². The van der Waals surface area contributed by atoms with Gasteiger partial charge in [0.05, 0.1) is 0 Å². The number of phenols is 1. The number of benzene rings is 7. The summed E-state index contributed by atoms with van der Waals surface area (Å²) in [6.45, 7) is 1.97. The van der Waals surface area contributed by atoms with Crippen LogP contribution in [-0.4, -0.2) is 5.11 Å². The van der Waals surface area contributed by atoms with Gasteiger partial charge in [-0.2, -0.15) is 0 Å². The quantitative estimate of drug-likeness (QED) is 0.244. The third-order valence-corrected chi connectivity index (χ3v) is 8.75. The van der Waals surface area contributed by atoms with Gasteiger partial charge in [0.25, 0.3) is 0 Å². The normalized spacial score (nSPS) is 12.0. The molecule has 1 heteroatoms. The van der Waals surface area contributed by atoms with Gasteiger partial charge in [0.15, 0.2) is 0 Å². The first-order valence-corrected chi connectivity index (χ1v) is 14.2. The first-order valence-electron chi connectivity index (χ1n) is 14.2. The van der Waals surface area contributed by atoms with E-state index in [2.05, 4.69) is 121 Å². The Morgan fingerprint density at radius 2 is 1.05 bits per heavy atom. The predicted octanol–water partition coefficient (Wildman–Crippen LogP) is 10.6. The van der Waals surface area contributed by atoms with Gasteiger partial charge in [0.2, 0.25) is 0 Å². The molecule has 0 saturated heterocycles. The van der Waals surface area contributed by atoms with Gasteiger partial charge in [0.1, 0.15) is 5.75 Å². The molecule has 1 aliphatic carbocycles. The lowest BCUT2D eigenvalue weighted by molar-refractivity contribution is 0.471. The fourth-order valence-electron chi connectivity index (χ4n) is 6.81. The molecule has 1 nitrogen and oxygen atoms in total. The Morgan fingerprint density at radius 1 is 0.488 bits per heavy atom. The number of hydrogen-bond donors (Lipinski definition) is 1. The summed E-state index contributed by atoms with van der Waals surface area (Å²) in [5.74, 6) is 0.333. The van der Waals surface area contributed by atoms with Crippen molar-refractivity contribution >= 4 is 21.5 Å². The standard InChI is InChI=1S/C40H28O/c1-25-23-28(19-22-38(25)41)32-20-21-36(34-17-7-12-27-10-3-5-15-31(27)34)40-37(32)24-29-13-8-18-35(39(29)40)33-16-6-11-26-9-2-4-14-30(26)33/h2-23,41H,24H2,1H3. The minimum absolute atomic E-state index is 0.333. The highest BCUT2D eigenvalue weighted by Gasteiger charge is 2.29. The van der Waals surface area contributed by atoms with Crippen LogP contribution < -0.4 is 0 Å². The molecule has 0 aromatic heterocycles. The molecule has 0 saturated carbocycles. The van der Waals surface area contributed by atoms with E-state index in [1.165, 1.54) is 71.6 Å². The van der Waals surface area contributed by atoms with E-state index in [0.717, 1.165) is 17.5 Å². The van der Waals surface area contributed by atoms with Crippen molar-refractivity contribution < 1.29 is 5.11 Å². The van der Waals surface area contributed by atoms with E-state index < -0.39 is 0 Å². The van der Waals surface area contributed by atoms with E-state index >= 15 is 0 Å². The topological polar surface area (TPSA) is 20.2 Å². The second kappa shape index (κ2) is 9.21. The monoisotopic (exact) mass is 524 g/mol. The molecule has 0 amide bonds. The van der Waals surface area contributed by atoms with E-state index in [0.29, 0.717) is 5.75 Å². The van der Waals surface area contributed by atoms with Crippen LogP contribution >= 0.6 is 0 Å². The van der Waals surface area contributed by atoms with Crippen LogP contribution in [-0.2, 0) is 6.42 Å². The first-order chi connectivity index (χ1) is 20.2. The van der Waals surface area contributed by atoms with Crippen LogP contribution in [0.2, 0.25) is 0 Å². The molecule has 1 N–H and O–H groups in total. The van der Waals surface area contributed by atoms with Crippen molar-refractivity contribution in [2.24, 2.45) is 0 Å². The SMILES string of the molecule is Cc1cc(-c2ccc(-c3cccc4ccccc34)c3c2Cc2cccc(-c4cccc5ccccc45)c2-3)ccc1O. The molecule has 7 aromatic rings. The summed E-state index contributed by atoms with van der Waals surface area (Å²) in [5.41, 5.74) is 13.7. The van der Waals surface area contributed by atoms with E-state index in [-0.39, 0.29) is 0 Å². The lowest BCUT2D eigenvalue weighted by Crippen LogP contribution is -1.93. The molecular weight excluding hydrogens is 496 g/mol. The fraction of sp³-hybridized carbons (Fsp3) is 0.0500. The minimum Gasteiger partial charge on any atom is -0.508 e. The Bertz CT molecular complexity index is 2140. The third kappa shape index (κ3) is 3.70. The zero-order valence-corrected chi connectivity index (χ0v) is 22.9. The minimum atomic E-state index is 0.333. The fourth-order valence-corrected chi connectivity index (χ4v) is 6.81. The Balaban J connectivity index is 1.47. The van der Waals surface area contributed by atoms with Crippen LogP contribution in [0.5, 0.6) is 5.75 Å². The van der Waals surface area contributed by atoms with Crippen LogP contribution in [0, 0.1) is 6.92 Å². The Labute approximate surface area is 240 Å². The van der Waals surface area contributed by atoms with E-state index in [1.807, 2.05) is 19.1 Å². The van der Waals surface area contributed by atoms with Crippen molar-refractivity contribution in [3.63, 3.8) is 0 Å². The molecule has 7 aromatic carbocycles. The number of aromatic hydroxyl groups is 1. The largest absolute Gasteiger partial charge is 0.508 e. The smallest absolute Gasteiger partial charge is 0.118 e. The lowest BCUT2D eigenvalue weighted by Gasteiger charge is -2.19. The van der Waals surface area contributed by atoms with Gasteiger partial charge in [-0.25, -0.2) is 0 Å². The molecule has 0 aliphatic heterocycles. The van der Waals surface area contributed by atoms with Gasteiger partial charge in [-0.3, -0.25) is 0 Å². The maximum Gasteiger partial charge on any atom is 0.118 e. The number of aryl methyl sites for hydroxylation is 1. The van der Waals surface area contributed by atoms with Crippen molar-refractivity contribution in [1.29, 1.82) is 0 Å². The highest BCUT2D eigenvalue weighted by Crippen LogP contribution is 2.52. The van der Waals surface area contributed by atoms with Gasteiger partial charge < -0.3 is 5.11 Å². The van der Waals surface area contributed by atoms with Crippen molar-refractivity contribution in [2.75, 3.05) is 0 Å². The molecule has 0 bridgehead atoms. The summed E-state index contributed by atoms with van der Waals surface area (Å²) in [4.78, 5) is 0. The molecule has 0 spiro atoms. The van der Waals surface area contributed by atoms with Crippen LogP contribution in [0.1, 0.15) is 16.7 Å². The third-order valence-electron chi connectivity index (χ3n) is 8.75. The predicted molar refractivity (Wildman–Crippen MR) is 172 cm³/mol. The Morgan fingerprint density at radius 3 is 1.73 bits per heavy atom. The maximum atomic E-state index is 10.3. The van der Waals surface area contributed by atoms with Crippen LogP contribution in [0.25, 0.3) is 66.1 Å². The molecule has 0 heterocycles. The van der Waals surface area contributed by atoms with Gasteiger partial charge in [-0.15, -0.1) is 0 Å². The zero-order chi connectivity index (χ0) is 27.5. The van der Waals surface area contributed by atoms with Crippen molar-refractivity contribution in [2.45, 2.75) is 13.3 Å². The summed E-state index contributed by atoms with van der Waals surface area (Å²) in [5, 5.41) is 15.3. The van der Waals surface area contributed by atoms with Crippen LogP contribution in [0.4, 0.5) is 0 Å². The van der Waals surface area contributed by atoms with E-state index in [1.54, 1.807) is 0 Å². The zero-order valence-electron chi connectivity index (χ0n) is 22.9. The van der Waals surface area contributed by atoms with Crippen molar-refractivity contribution in [3.8, 4) is 50.3 Å². The average Bonchev–Trinajstić information content (AvgIpc) is 3.42. The lowest BCUT2D eigenvalue weighted by atomic mass is 9.85. The summed E-state index contributed by atoms with van der Waals surface area (Å²) in [6, 6.07) is 48.0. The number of hydrogen-bond acceptors (Lipinski definition) is 1. The Hall–Kier alpha value is -5.14. The molecule has 0 unspecified atom stereocenters. The van der Waals surface area contributed by atoms with Gasteiger partial charge >= 0.3 is 0 Å². The molecule has 8 rings (SSSR count). The first kappa shape index (κ1) is 23.7. The highest BCUT2D eigenvalue weighted by atomic mass is 16.3. The summed E-state index contributed by atoms with van der Waals surface area (Å²) >= 11 is 0. The number of rotatable bonds is 3. The van der Waals surface area contributed by atoms with Crippen molar-refractivity contribution in [1.82, 2.24) is 0 Å². The van der Waals surface area contributed by atoms with Gasteiger partial charge in [-0.05, 0) is 108 Å². The maximum absolute atomic E-state index is 10.3. The highest BCUT2D eigenvalue weighted by molar-refractivity contribution is 6.08. The second-order valence-corrected chi connectivity index (χ2v) is 11.1. The summed E-state index contributed by atoms with van der Waals surface area (Å²) in [6.07, 6.45) is 0.872. The van der Waals surface area contributed by atoms with Gasteiger partial charge in [-0.1, -0.05) is 121 Å². The molecule has 1 aliphatic rings. The number of fused-ring (bicyclic) bond motifs is 5. The summed E-state index contributed by atoms with van der Waals surface area (Å²) < 4.78 is 0. The second-order valence-electron chi connectivity index (χ2n) is 11.1. The van der Waals surface area contributed by atoms with E-state index in [9.17, 15) is 5.11 Å². The molecule has 0 radical (unpaired) electrons. The Kier molecular flexibility index (Phi) is 5.33. The molecule has 194 valence electrons. The molecular formula is C40H28O. The van der Waals surface area contributed by atoms with Crippen LogP contribution in [0.15, 0.2) is 133 Å².